The van der Waals surface area contributed by atoms with Gasteiger partial charge in [0.1, 0.15) is 5.56 Å². The van der Waals surface area contributed by atoms with E-state index in [1.807, 2.05) is 12.1 Å². The molecule has 0 spiro atoms. The zero-order valence-electron chi connectivity index (χ0n) is 11.2. The van der Waals surface area contributed by atoms with Crippen LogP contribution in [0.1, 0.15) is 35.2 Å². The van der Waals surface area contributed by atoms with Crippen LogP contribution in [0.2, 0.25) is 0 Å². The molecular formula is C16H16N2O2. The van der Waals surface area contributed by atoms with E-state index in [1.165, 1.54) is 5.56 Å². The summed E-state index contributed by atoms with van der Waals surface area (Å²) in [5, 5.41) is 3.58. The van der Waals surface area contributed by atoms with Gasteiger partial charge in [-0.05, 0) is 37.3 Å². The van der Waals surface area contributed by atoms with Crippen molar-refractivity contribution in [1.82, 2.24) is 9.88 Å². The Morgan fingerprint density at radius 3 is 2.95 bits per heavy atom. The second-order valence-corrected chi connectivity index (χ2v) is 5.73. The third-order valence-electron chi connectivity index (χ3n) is 4.18. The molecule has 4 rings (SSSR count). The number of nitrogens with one attached hydrogen (secondary N) is 1. The third-order valence-corrected chi connectivity index (χ3v) is 4.18. The average molecular weight is 268 g/mol. The number of hydrogen-bond acceptors (Lipinski definition) is 2. The maximum absolute atomic E-state index is 12.5. The van der Waals surface area contributed by atoms with Gasteiger partial charge >= 0.3 is 0 Å². The molecule has 1 aliphatic heterocycles. The van der Waals surface area contributed by atoms with Crippen molar-refractivity contribution in [2.45, 2.75) is 38.3 Å². The predicted molar refractivity (Wildman–Crippen MR) is 77.0 cm³/mol. The summed E-state index contributed by atoms with van der Waals surface area (Å²) in [6.07, 6.45) is 5.85. The average Bonchev–Trinajstić information content (AvgIpc) is 3.26. The Kier molecular flexibility index (Phi) is 2.46. The standard InChI is InChI=1S/C16H16N2O2/c19-15-12-5-1-3-10-4-2-8-18(14(10)12)9-13(15)16(20)17-11-6-7-11/h1,3,5,9,11H,2,4,6-8H2,(H,17,20). The molecule has 4 heteroatoms. The molecular weight excluding hydrogens is 252 g/mol. The Labute approximate surface area is 116 Å². The molecule has 0 radical (unpaired) electrons. The van der Waals surface area contributed by atoms with Gasteiger partial charge in [-0.25, -0.2) is 0 Å². The summed E-state index contributed by atoms with van der Waals surface area (Å²) in [7, 11) is 0. The summed E-state index contributed by atoms with van der Waals surface area (Å²) in [5.41, 5.74) is 2.35. The van der Waals surface area contributed by atoms with Crippen LogP contribution in [0.25, 0.3) is 10.9 Å². The highest BCUT2D eigenvalue weighted by atomic mass is 16.2. The Balaban J connectivity index is 1.93. The van der Waals surface area contributed by atoms with Crippen LogP contribution in [0.4, 0.5) is 0 Å². The summed E-state index contributed by atoms with van der Waals surface area (Å²) in [4.78, 5) is 24.7. The molecule has 1 saturated carbocycles. The van der Waals surface area contributed by atoms with E-state index < -0.39 is 0 Å². The van der Waals surface area contributed by atoms with Crippen molar-refractivity contribution in [2.75, 3.05) is 0 Å². The van der Waals surface area contributed by atoms with Gasteiger partial charge in [0.15, 0.2) is 0 Å². The number of amides is 1. The number of para-hydroxylation sites is 1. The van der Waals surface area contributed by atoms with E-state index in [2.05, 4.69) is 16.0 Å². The van der Waals surface area contributed by atoms with Crippen molar-refractivity contribution in [3.63, 3.8) is 0 Å². The van der Waals surface area contributed by atoms with Crippen LogP contribution in [-0.2, 0) is 13.0 Å². The molecule has 1 aromatic carbocycles. The van der Waals surface area contributed by atoms with E-state index >= 15 is 0 Å². The maximum Gasteiger partial charge on any atom is 0.256 e. The Bertz CT molecular complexity index is 772. The van der Waals surface area contributed by atoms with E-state index in [1.54, 1.807) is 6.20 Å². The summed E-state index contributed by atoms with van der Waals surface area (Å²) >= 11 is 0. The Morgan fingerprint density at radius 1 is 1.30 bits per heavy atom. The number of carbonyl (C=O) groups excluding carboxylic acids is 1. The van der Waals surface area contributed by atoms with Gasteiger partial charge in [-0.2, -0.15) is 0 Å². The van der Waals surface area contributed by atoms with Gasteiger partial charge in [0.25, 0.3) is 5.91 Å². The van der Waals surface area contributed by atoms with Gasteiger partial charge in [0, 0.05) is 24.2 Å². The molecule has 0 unspecified atom stereocenters. The molecule has 2 heterocycles. The van der Waals surface area contributed by atoms with Crippen molar-refractivity contribution >= 4 is 16.8 Å². The summed E-state index contributed by atoms with van der Waals surface area (Å²) in [6, 6.07) is 6.08. The maximum atomic E-state index is 12.5. The fourth-order valence-corrected chi connectivity index (χ4v) is 3.01. The fraction of sp³-hybridized carbons (Fsp3) is 0.375. The van der Waals surface area contributed by atoms with Gasteiger partial charge in [0.2, 0.25) is 5.43 Å². The lowest BCUT2D eigenvalue weighted by Crippen LogP contribution is -2.31. The molecule has 1 amide bonds. The van der Waals surface area contributed by atoms with Crippen LogP contribution in [0.3, 0.4) is 0 Å². The van der Waals surface area contributed by atoms with Crippen molar-refractivity contribution in [3.05, 3.63) is 45.7 Å². The molecule has 1 aliphatic carbocycles. The first-order valence-corrected chi connectivity index (χ1v) is 7.20. The highest BCUT2D eigenvalue weighted by Gasteiger charge is 2.26. The van der Waals surface area contributed by atoms with Crippen molar-refractivity contribution in [2.24, 2.45) is 0 Å². The number of aromatic nitrogens is 1. The number of pyridine rings is 1. The first-order valence-electron chi connectivity index (χ1n) is 7.20. The minimum atomic E-state index is -0.223. The summed E-state index contributed by atoms with van der Waals surface area (Å²) in [5.74, 6) is -0.223. The number of benzene rings is 1. The molecule has 2 aromatic rings. The van der Waals surface area contributed by atoms with Crippen molar-refractivity contribution in [3.8, 4) is 0 Å². The molecule has 0 bridgehead atoms. The molecule has 1 aromatic heterocycles. The van der Waals surface area contributed by atoms with Crippen LogP contribution in [0.15, 0.2) is 29.2 Å². The first kappa shape index (κ1) is 11.7. The second kappa shape index (κ2) is 4.20. The zero-order chi connectivity index (χ0) is 13.7. The van der Waals surface area contributed by atoms with Crippen LogP contribution in [0, 0.1) is 0 Å². The van der Waals surface area contributed by atoms with Crippen LogP contribution < -0.4 is 10.7 Å². The monoisotopic (exact) mass is 268 g/mol. The topological polar surface area (TPSA) is 51.1 Å². The van der Waals surface area contributed by atoms with E-state index in [0.29, 0.717) is 5.39 Å². The molecule has 4 nitrogen and oxygen atoms in total. The molecule has 102 valence electrons. The highest BCUT2D eigenvalue weighted by Crippen LogP contribution is 2.24. The second-order valence-electron chi connectivity index (χ2n) is 5.73. The van der Waals surface area contributed by atoms with Gasteiger partial charge in [-0.3, -0.25) is 9.59 Å². The van der Waals surface area contributed by atoms with Gasteiger partial charge < -0.3 is 9.88 Å². The Hall–Kier alpha value is -2.10. The zero-order valence-corrected chi connectivity index (χ0v) is 11.2. The lowest BCUT2D eigenvalue weighted by molar-refractivity contribution is 0.0949. The fourth-order valence-electron chi connectivity index (χ4n) is 3.01. The minimum Gasteiger partial charge on any atom is -0.349 e. The number of nitrogens with zero attached hydrogens (tertiary/aromatic N) is 1. The number of rotatable bonds is 2. The molecule has 1 N–H and O–H groups in total. The first-order chi connectivity index (χ1) is 9.74. The SMILES string of the molecule is O=C(NC1CC1)c1cn2c3c(cccc3c1=O)CCC2. The van der Waals surface area contributed by atoms with Gasteiger partial charge in [0.05, 0.1) is 5.52 Å². The summed E-state index contributed by atoms with van der Waals surface area (Å²) < 4.78 is 2.07. The van der Waals surface area contributed by atoms with Crippen LogP contribution in [0.5, 0.6) is 0 Å². The third kappa shape index (κ3) is 1.75. The summed E-state index contributed by atoms with van der Waals surface area (Å²) in [6.45, 7) is 0.873. The number of aryl methyl sites for hydroxylation is 2. The molecule has 1 fully saturated rings. The number of carbonyl (C=O) groups is 1. The largest absolute Gasteiger partial charge is 0.349 e. The van der Waals surface area contributed by atoms with E-state index in [-0.39, 0.29) is 22.9 Å². The molecule has 20 heavy (non-hydrogen) atoms. The van der Waals surface area contributed by atoms with Crippen molar-refractivity contribution < 1.29 is 4.79 Å². The van der Waals surface area contributed by atoms with Gasteiger partial charge in [-0.1, -0.05) is 12.1 Å². The molecule has 0 saturated heterocycles. The van der Waals surface area contributed by atoms with E-state index in [4.69, 9.17) is 0 Å². The lowest BCUT2D eigenvalue weighted by atomic mass is 10.00. The van der Waals surface area contributed by atoms with E-state index in [0.717, 1.165) is 37.7 Å². The smallest absolute Gasteiger partial charge is 0.256 e. The lowest BCUT2D eigenvalue weighted by Gasteiger charge is -2.20. The van der Waals surface area contributed by atoms with Crippen LogP contribution >= 0.6 is 0 Å². The number of hydrogen-bond donors (Lipinski definition) is 1. The Morgan fingerprint density at radius 2 is 2.15 bits per heavy atom. The van der Waals surface area contributed by atoms with Gasteiger partial charge in [-0.15, -0.1) is 0 Å². The van der Waals surface area contributed by atoms with Crippen LogP contribution in [-0.4, -0.2) is 16.5 Å². The van der Waals surface area contributed by atoms with E-state index in [9.17, 15) is 9.59 Å². The predicted octanol–water partition coefficient (Wildman–Crippen LogP) is 1.84. The molecule has 2 aliphatic rings. The quantitative estimate of drug-likeness (QED) is 0.903. The highest BCUT2D eigenvalue weighted by molar-refractivity contribution is 5.98. The van der Waals surface area contributed by atoms with Crippen molar-refractivity contribution in [1.29, 1.82) is 0 Å². The molecule has 0 atom stereocenters. The normalized spacial score (nSPS) is 17.2. The minimum absolute atomic E-state index is 0.141.